The molecule has 0 heterocycles. The second kappa shape index (κ2) is 3.85. The molecular formula is C14H16O2. The van der Waals surface area contributed by atoms with Gasteiger partial charge in [-0.25, -0.2) is 0 Å². The monoisotopic (exact) mass is 216 g/mol. The molecule has 2 rings (SSSR count). The average Bonchev–Trinajstić information content (AvgIpc) is 2.50. The summed E-state index contributed by atoms with van der Waals surface area (Å²) in [6.07, 6.45) is 1.39. The summed E-state index contributed by atoms with van der Waals surface area (Å²) in [6, 6.07) is 7.94. The molecule has 16 heavy (non-hydrogen) atoms. The van der Waals surface area contributed by atoms with E-state index in [0.29, 0.717) is 19.3 Å². The number of carbonyl (C=O) groups excluding carboxylic acids is 2. The van der Waals surface area contributed by atoms with E-state index in [1.54, 1.807) is 6.92 Å². The van der Waals surface area contributed by atoms with Crippen molar-refractivity contribution in [1.29, 1.82) is 0 Å². The van der Waals surface area contributed by atoms with Crippen molar-refractivity contribution in [3.05, 3.63) is 35.4 Å². The lowest BCUT2D eigenvalue weighted by Gasteiger charge is -2.21. The Bertz CT molecular complexity index is 430. The van der Waals surface area contributed by atoms with Gasteiger partial charge in [-0.15, -0.1) is 0 Å². The smallest absolute Gasteiger partial charge is 0.146 e. The van der Waals surface area contributed by atoms with Gasteiger partial charge in [0.2, 0.25) is 0 Å². The third-order valence-electron chi connectivity index (χ3n) is 3.62. The van der Waals surface area contributed by atoms with Gasteiger partial charge in [-0.2, -0.15) is 0 Å². The second-order valence-electron chi connectivity index (χ2n) is 4.78. The number of ketones is 2. The van der Waals surface area contributed by atoms with Crippen molar-refractivity contribution in [3.8, 4) is 0 Å². The fourth-order valence-electron chi connectivity index (χ4n) is 2.32. The molecule has 1 saturated carbocycles. The Balaban J connectivity index is 2.31. The number of hydrogen-bond donors (Lipinski definition) is 0. The van der Waals surface area contributed by atoms with Gasteiger partial charge in [0.15, 0.2) is 0 Å². The summed E-state index contributed by atoms with van der Waals surface area (Å²) in [7, 11) is 0. The Morgan fingerprint density at radius 2 is 1.69 bits per heavy atom. The van der Waals surface area contributed by atoms with Crippen molar-refractivity contribution in [3.63, 3.8) is 0 Å². The lowest BCUT2D eigenvalue weighted by Crippen LogP contribution is -2.31. The van der Waals surface area contributed by atoms with Crippen LogP contribution in [-0.2, 0) is 16.0 Å². The van der Waals surface area contributed by atoms with Gasteiger partial charge in [0.05, 0.1) is 5.41 Å². The van der Waals surface area contributed by atoms with Crippen molar-refractivity contribution >= 4 is 11.6 Å². The molecule has 0 spiro atoms. The van der Waals surface area contributed by atoms with E-state index in [9.17, 15) is 9.59 Å². The van der Waals surface area contributed by atoms with E-state index in [-0.39, 0.29) is 11.6 Å². The van der Waals surface area contributed by atoms with Gasteiger partial charge >= 0.3 is 0 Å². The zero-order valence-corrected chi connectivity index (χ0v) is 9.75. The summed E-state index contributed by atoms with van der Waals surface area (Å²) in [5.74, 6) is 0.196. The van der Waals surface area contributed by atoms with Crippen LogP contribution >= 0.6 is 0 Å². The molecule has 0 atom stereocenters. The van der Waals surface area contributed by atoms with Crippen LogP contribution in [0.5, 0.6) is 0 Å². The van der Waals surface area contributed by atoms with Gasteiger partial charge in [-0.3, -0.25) is 9.59 Å². The Labute approximate surface area is 95.7 Å². The summed E-state index contributed by atoms with van der Waals surface area (Å²) in [5.41, 5.74) is 1.48. The molecule has 1 aliphatic rings. The standard InChI is InChI=1S/C14H16O2/c1-10-5-3-4-6-11(10)9-14(2)12(15)7-8-13(14)16/h3-6H,7-9H2,1-2H3. The highest BCUT2D eigenvalue weighted by Crippen LogP contribution is 2.35. The SMILES string of the molecule is Cc1ccccc1CC1(C)C(=O)CCC1=O. The maximum atomic E-state index is 11.8. The molecule has 1 aliphatic carbocycles. The number of carbonyl (C=O) groups is 2. The zero-order valence-electron chi connectivity index (χ0n) is 9.75. The van der Waals surface area contributed by atoms with E-state index in [1.807, 2.05) is 31.2 Å². The van der Waals surface area contributed by atoms with Gasteiger partial charge in [-0.05, 0) is 31.4 Å². The Kier molecular flexibility index (Phi) is 2.66. The highest BCUT2D eigenvalue weighted by atomic mass is 16.2. The van der Waals surface area contributed by atoms with Crippen LogP contribution in [0.4, 0.5) is 0 Å². The molecule has 0 radical (unpaired) electrons. The molecule has 0 bridgehead atoms. The minimum absolute atomic E-state index is 0.0979. The van der Waals surface area contributed by atoms with Gasteiger partial charge in [0.25, 0.3) is 0 Å². The molecule has 84 valence electrons. The molecule has 1 aromatic carbocycles. The molecular weight excluding hydrogens is 200 g/mol. The molecule has 0 saturated heterocycles. The summed E-state index contributed by atoms with van der Waals surface area (Å²) in [5, 5.41) is 0. The average molecular weight is 216 g/mol. The van der Waals surface area contributed by atoms with E-state index in [1.165, 1.54) is 0 Å². The lowest BCUT2D eigenvalue weighted by atomic mass is 9.79. The first-order valence-corrected chi connectivity index (χ1v) is 5.65. The third kappa shape index (κ3) is 1.69. The Morgan fingerprint density at radius 1 is 1.12 bits per heavy atom. The first-order valence-electron chi connectivity index (χ1n) is 5.65. The van der Waals surface area contributed by atoms with Crippen LogP contribution in [0, 0.1) is 12.3 Å². The fraction of sp³-hybridized carbons (Fsp3) is 0.429. The molecule has 2 heteroatoms. The number of benzene rings is 1. The van der Waals surface area contributed by atoms with Gasteiger partial charge in [0, 0.05) is 12.8 Å². The minimum Gasteiger partial charge on any atom is -0.299 e. The Hall–Kier alpha value is -1.44. The molecule has 2 nitrogen and oxygen atoms in total. The summed E-state index contributed by atoms with van der Waals surface area (Å²) < 4.78 is 0. The first-order chi connectivity index (χ1) is 7.54. The maximum absolute atomic E-state index is 11.8. The normalized spacial score (nSPS) is 19.1. The molecule has 1 fully saturated rings. The van der Waals surface area contributed by atoms with Crippen molar-refractivity contribution in [1.82, 2.24) is 0 Å². The fourth-order valence-corrected chi connectivity index (χ4v) is 2.32. The van der Waals surface area contributed by atoms with Crippen LogP contribution in [0.2, 0.25) is 0 Å². The zero-order chi connectivity index (χ0) is 11.8. The van der Waals surface area contributed by atoms with Crippen molar-refractivity contribution in [2.24, 2.45) is 5.41 Å². The molecule has 0 aliphatic heterocycles. The van der Waals surface area contributed by atoms with E-state index < -0.39 is 5.41 Å². The minimum atomic E-state index is -0.772. The molecule has 0 unspecified atom stereocenters. The molecule has 0 N–H and O–H groups in total. The highest BCUT2D eigenvalue weighted by molar-refractivity contribution is 6.12. The molecule has 1 aromatic rings. The van der Waals surface area contributed by atoms with Gasteiger partial charge < -0.3 is 0 Å². The maximum Gasteiger partial charge on any atom is 0.146 e. The van der Waals surface area contributed by atoms with E-state index >= 15 is 0 Å². The second-order valence-corrected chi connectivity index (χ2v) is 4.78. The van der Waals surface area contributed by atoms with Crippen LogP contribution in [0.3, 0.4) is 0 Å². The van der Waals surface area contributed by atoms with Crippen LogP contribution in [0.1, 0.15) is 30.9 Å². The van der Waals surface area contributed by atoms with Crippen molar-refractivity contribution in [2.75, 3.05) is 0 Å². The van der Waals surface area contributed by atoms with E-state index in [0.717, 1.165) is 11.1 Å². The van der Waals surface area contributed by atoms with Crippen LogP contribution in [0.15, 0.2) is 24.3 Å². The largest absolute Gasteiger partial charge is 0.299 e. The van der Waals surface area contributed by atoms with E-state index in [4.69, 9.17) is 0 Å². The number of rotatable bonds is 2. The van der Waals surface area contributed by atoms with Gasteiger partial charge in [-0.1, -0.05) is 24.3 Å². The number of aryl methyl sites for hydroxylation is 1. The van der Waals surface area contributed by atoms with Crippen LogP contribution < -0.4 is 0 Å². The molecule has 0 aromatic heterocycles. The summed E-state index contributed by atoms with van der Waals surface area (Å²) in [4.78, 5) is 23.6. The number of Topliss-reactive ketones (excluding diaryl/α,β-unsaturated/α-hetero) is 2. The highest BCUT2D eigenvalue weighted by Gasteiger charge is 2.45. The van der Waals surface area contributed by atoms with E-state index in [2.05, 4.69) is 0 Å². The Morgan fingerprint density at radius 3 is 2.25 bits per heavy atom. The first kappa shape index (κ1) is 11.1. The van der Waals surface area contributed by atoms with Gasteiger partial charge in [0.1, 0.15) is 11.6 Å². The topological polar surface area (TPSA) is 34.1 Å². The number of hydrogen-bond acceptors (Lipinski definition) is 2. The van der Waals surface area contributed by atoms with Crippen molar-refractivity contribution in [2.45, 2.75) is 33.1 Å². The summed E-state index contributed by atoms with van der Waals surface area (Å²) in [6.45, 7) is 3.81. The third-order valence-corrected chi connectivity index (χ3v) is 3.62. The molecule has 0 amide bonds. The predicted molar refractivity (Wildman–Crippen MR) is 62.2 cm³/mol. The lowest BCUT2D eigenvalue weighted by molar-refractivity contribution is -0.133. The predicted octanol–water partition coefficient (Wildman–Crippen LogP) is 2.48. The van der Waals surface area contributed by atoms with Crippen molar-refractivity contribution < 1.29 is 9.59 Å². The quantitative estimate of drug-likeness (QED) is 0.712. The van der Waals surface area contributed by atoms with Crippen LogP contribution in [-0.4, -0.2) is 11.6 Å². The van der Waals surface area contributed by atoms with Crippen LogP contribution in [0.25, 0.3) is 0 Å². The summed E-state index contributed by atoms with van der Waals surface area (Å²) >= 11 is 0.